The van der Waals surface area contributed by atoms with Crippen LogP contribution in [0.4, 0.5) is 0 Å². The molecule has 0 saturated carbocycles. The van der Waals surface area contributed by atoms with Crippen LogP contribution in [0.15, 0.2) is 53.7 Å². The van der Waals surface area contributed by atoms with Crippen molar-refractivity contribution in [2.45, 2.75) is 5.66 Å². The van der Waals surface area contributed by atoms with Gasteiger partial charge in [-0.05, 0) is 30.5 Å². The number of hydrogen-bond acceptors (Lipinski definition) is 2. The first-order valence-corrected chi connectivity index (χ1v) is 4.68. The number of dihydropyridines is 1. The summed E-state index contributed by atoms with van der Waals surface area (Å²) in [7, 11) is 0. The number of nitrogens with one attached hydrogen (secondary N) is 1. The van der Waals surface area contributed by atoms with Crippen molar-refractivity contribution < 1.29 is 0 Å². The van der Waals surface area contributed by atoms with Crippen LogP contribution in [0.25, 0.3) is 6.08 Å². The van der Waals surface area contributed by atoms with Gasteiger partial charge in [-0.25, -0.2) is 4.99 Å². The van der Waals surface area contributed by atoms with E-state index in [2.05, 4.69) is 28.5 Å². The molecule has 1 atom stereocenters. The summed E-state index contributed by atoms with van der Waals surface area (Å²) in [6, 6.07) is 8.17. The van der Waals surface area contributed by atoms with Gasteiger partial charge in [0.1, 0.15) is 0 Å². The molecule has 2 aliphatic rings. The van der Waals surface area contributed by atoms with Gasteiger partial charge in [0, 0.05) is 5.22 Å². The second-order valence-electron chi connectivity index (χ2n) is 3.50. The highest BCUT2D eigenvalue weighted by molar-refractivity contribution is 5.48. The van der Waals surface area contributed by atoms with E-state index in [9.17, 15) is 0 Å². The minimum atomic E-state index is -0.335. The number of benzene rings is 1. The predicted octanol–water partition coefficient (Wildman–Crippen LogP) is 0.470. The summed E-state index contributed by atoms with van der Waals surface area (Å²) in [6.45, 7) is 0. The second kappa shape index (κ2) is 2.58. The SMILES string of the molecule is C1=CNC2(C=C1)C=c1ccccc1=N2. The maximum Gasteiger partial charge on any atom is 0.169 e. The van der Waals surface area contributed by atoms with Gasteiger partial charge in [0.05, 0.1) is 5.36 Å². The normalized spacial score (nSPS) is 26.6. The topological polar surface area (TPSA) is 24.4 Å². The summed E-state index contributed by atoms with van der Waals surface area (Å²) in [4.78, 5) is 4.64. The maximum absolute atomic E-state index is 4.64. The van der Waals surface area contributed by atoms with Crippen molar-refractivity contribution in [1.29, 1.82) is 0 Å². The Labute approximate surface area is 82.0 Å². The summed E-state index contributed by atoms with van der Waals surface area (Å²) in [5.41, 5.74) is -0.335. The molecule has 2 heterocycles. The molecule has 3 rings (SSSR count). The van der Waals surface area contributed by atoms with E-state index in [0.29, 0.717) is 0 Å². The molecular formula is C12H10N2. The molecule has 1 spiro atoms. The van der Waals surface area contributed by atoms with E-state index in [1.54, 1.807) is 0 Å². The van der Waals surface area contributed by atoms with E-state index in [-0.39, 0.29) is 5.66 Å². The summed E-state index contributed by atoms with van der Waals surface area (Å²) in [5, 5.41) is 5.50. The van der Waals surface area contributed by atoms with E-state index >= 15 is 0 Å². The lowest BCUT2D eigenvalue weighted by Gasteiger charge is -2.22. The first kappa shape index (κ1) is 7.56. The minimum absolute atomic E-state index is 0.335. The highest BCUT2D eigenvalue weighted by Gasteiger charge is 2.25. The summed E-state index contributed by atoms with van der Waals surface area (Å²) >= 11 is 0. The van der Waals surface area contributed by atoms with Gasteiger partial charge in [0.15, 0.2) is 5.66 Å². The Bertz CT molecular complexity index is 503. The quantitative estimate of drug-likeness (QED) is 0.619. The molecule has 0 radical (unpaired) electrons. The first-order chi connectivity index (χ1) is 6.88. The molecule has 0 fully saturated rings. The molecular weight excluding hydrogens is 172 g/mol. The number of allylic oxidation sites excluding steroid dienone is 2. The average Bonchev–Trinajstić information content (AvgIpc) is 2.56. The number of para-hydroxylation sites is 1. The van der Waals surface area contributed by atoms with Crippen LogP contribution in [0.5, 0.6) is 0 Å². The minimum Gasteiger partial charge on any atom is -0.361 e. The monoisotopic (exact) mass is 182 g/mol. The lowest BCUT2D eigenvalue weighted by Crippen LogP contribution is -2.36. The van der Waals surface area contributed by atoms with Gasteiger partial charge in [-0.15, -0.1) is 0 Å². The molecule has 14 heavy (non-hydrogen) atoms. The molecule has 0 bridgehead atoms. The van der Waals surface area contributed by atoms with Crippen LogP contribution in [0.1, 0.15) is 0 Å². The molecule has 68 valence electrons. The van der Waals surface area contributed by atoms with Gasteiger partial charge < -0.3 is 5.32 Å². The van der Waals surface area contributed by atoms with Gasteiger partial charge in [-0.2, -0.15) is 0 Å². The van der Waals surface area contributed by atoms with E-state index in [1.807, 2.05) is 36.6 Å². The van der Waals surface area contributed by atoms with Gasteiger partial charge in [0.25, 0.3) is 0 Å². The van der Waals surface area contributed by atoms with Crippen LogP contribution in [0.2, 0.25) is 0 Å². The van der Waals surface area contributed by atoms with Crippen molar-refractivity contribution in [3.05, 3.63) is 59.3 Å². The van der Waals surface area contributed by atoms with Crippen LogP contribution < -0.4 is 15.9 Å². The molecule has 1 N–H and O–H groups in total. The van der Waals surface area contributed by atoms with Crippen molar-refractivity contribution in [3.63, 3.8) is 0 Å². The lowest BCUT2D eigenvalue weighted by molar-refractivity contribution is 0.611. The molecule has 2 heteroatoms. The standard InChI is InChI=1S/C12H10N2/c1-2-6-11-10(5-1)9-12(14-11)7-3-4-8-13-12/h1-9,13H. The van der Waals surface area contributed by atoms with Gasteiger partial charge >= 0.3 is 0 Å². The average molecular weight is 182 g/mol. The Morgan fingerprint density at radius 1 is 1.14 bits per heavy atom. The van der Waals surface area contributed by atoms with Crippen LogP contribution in [0.3, 0.4) is 0 Å². The van der Waals surface area contributed by atoms with Gasteiger partial charge in [0.2, 0.25) is 0 Å². The number of nitrogens with zero attached hydrogens (tertiary/aromatic N) is 1. The van der Waals surface area contributed by atoms with Crippen molar-refractivity contribution >= 4 is 6.08 Å². The van der Waals surface area contributed by atoms with Crippen molar-refractivity contribution in [2.24, 2.45) is 4.99 Å². The first-order valence-electron chi connectivity index (χ1n) is 4.68. The summed E-state index contributed by atoms with van der Waals surface area (Å²) < 4.78 is 0. The third-order valence-electron chi connectivity index (χ3n) is 2.49. The zero-order valence-electron chi connectivity index (χ0n) is 7.64. The predicted molar refractivity (Wildman–Crippen MR) is 55.8 cm³/mol. The van der Waals surface area contributed by atoms with Gasteiger partial charge in [-0.1, -0.05) is 24.3 Å². The van der Waals surface area contributed by atoms with Crippen LogP contribution in [-0.4, -0.2) is 5.66 Å². The fraction of sp³-hybridized carbons (Fsp3) is 0.0833. The van der Waals surface area contributed by atoms with E-state index in [1.165, 1.54) is 5.22 Å². The fourth-order valence-electron chi connectivity index (χ4n) is 1.83. The molecule has 0 amide bonds. The number of fused-ring (bicyclic) bond motifs is 1. The van der Waals surface area contributed by atoms with Crippen LogP contribution in [-0.2, 0) is 0 Å². The Balaban J connectivity index is 2.23. The van der Waals surface area contributed by atoms with E-state index in [0.717, 1.165) is 5.36 Å². The number of hydrogen-bond donors (Lipinski definition) is 1. The van der Waals surface area contributed by atoms with Gasteiger partial charge in [-0.3, -0.25) is 0 Å². The van der Waals surface area contributed by atoms with Crippen molar-refractivity contribution in [1.82, 2.24) is 5.32 Å². The Kier molecular flexibility index (Phi) is 1.39. The number of rotatable bonds is 0. The molecule has 0 aromatic heterocycles. The molecule has 1 aromatic carbocycles. The highest BCUT2D eigenvalue weighted by atomic mass is 15.1. The Hall–Kier alpha value is -1.83. The molecule has 2 aliphatic heterocycles. The molecule has 0 saturated heterocycles. The molecule has 1 aromatic rings. The Morgan fingerprint density at radius 3 is 2.86 bits per heavy atom. The van der Waals surface area contributed by atoms with Crippen molar-refractivity contribution in [3.8, 4) is 0 Å². The highest BCUT2D eigenvalue weighted by Crippen LogP contribution is 2.15. The third kappa shape index (κ3) is 1.01. The zero-order valence-corrected chi connectivity index (χ0v) is 7.64. The lowest BCUT2D eigenvalue weighted by atomic mass is 10.1. The second-order valence-corrected chi connectivity index (χ2v) is 3.50. The van der Waals surface area contributed by atoms with Crippen LogP contribution >= 0.6 is 0 Å². The largest absolute Gasteiger partial charge is 0.361 e. The summed E-state index contributed by atoms with van der Waals surface area (Å²) in [5.74, 6) is 0. The molecule has 0 aliphatic carbocycles. The summed E-state index contributed by atoms with van der Waals surface area (Å²) in [6.07, 6.45) is 10.1. The molecule has 1 unspecified atom stereocenters. The zero-order chi connectivity index (χ0) is 9.43. The van der Waals surface area contributed by atoms with Crippen molar-refractivity contribution in [2.75, 3.05) is 0 Å². The van der Waals surface area contributed by atoms with Crippen LogP contribution in [0, 0.1) is 0 Å². The molecule has 2 nitrogen and oxygen atoms in total. The van der Waals surface area contributed by atoms with E-state index < -0.39 is 0 Å². The maximum atomic E-state index is 4.64. The fourth-order valence-corrected chi connectivity index (χ4v) is 1.83. The Morgan fingerprint density at radius 2 is 2.07 bits per heavy atom. The van der Waals surface area contributed by atoms with E-state index in [4.69, 9.17) is 0 Å². The smallest absolute Gasteiger partial charge is 0.169 e. The third-order valence-corrected chi connectivity index (χ3v) is 2.49.